The molecule has 0 aliphatic heterocycles. The number of hydrogen-bond acceptors (Lipinski definition) is 3. The molecule has 3 aliphatic carbocycles. The van der Waals surface area contributed by atoms with Crippen molar-refractivity contribution >= 4 is 0 Å². The summed E-state index contributed by atoms with van der Waals surface area (Å²) in [7, 11) is 0. The van der Waals surface area contributed by atoms with E-state index in [1.165, 1.54) is 0 Å². The van der Waals surface area contributed by atoms with E-state index in [4.69, 9.17) is 0 Å². The molecule has 18 heavy (non-hydrogen) atoms. The third-order valence-electron chi connectivity index (χ3n) is 6.04. The molecule has 0 amide bonds. The van der Waals surface area contributed by atoms with Crippen LogP contribution in [0.4, 0.5) is 0 Å². The van der Waals surface area contributed by atoms with E-state index in [1.807, 2.05) is 6.92 Å². The molecule has 102 valence electrons. The fourth-order valence-corrected chi connectivity index (χ4v) is 4.91. The quantitative estimate of drug-likeness (QED) is 0.619. The van der Waals surface area contributed by atoms with Gasteiger partial charge in [0.25, 0.3) is 0 Å². The second kappa shape index (κ2) is 3.38. The predicted octanol–water partition coefficient (Wildman–Crippen LogP) is 1.47. The monoisotopic (exact) mass is 252 g/mol. The van der Waals surface area contributed by atoms with Crippen molar-refractivity contribution in [3.05, 3.63) is 11.6 Å². The Morgan fingerprint density at radius 1 is 1.22 bits per heavy atom. The third-order valence-corrected chi connectivity index (χ3v) is 6.04. The molecule has 0 bridgehead atoms. The average Bonchev–Trinajstić information content (AvgIpc) is 2.59. The van der Waals surface area contributed by atoms with Gasteiger partial charge in [0.1, 0.15) is 0 Å². The summed E-state index contributed by atoms with van der Waals surface area (Å²) in [5.41, 5.74) is -0.467. The highest BCUT2D eigenvalue weighted by molar-refractivity contribution is 5.37. The van der Waals surface area contributed by atoms with E-state index in [0.29, 0.717) is 18.3 Å². The van der Waals surface area contributed by atoms with Crippen LogP contribution in [0.25, 0.3) is 0 Å². The van der Waals surface area contributed by atoms with E-state index in [1.54, 1.807) is 0 Å². The number of aliphatic hydroxyl groups excluding tert-OH is 2. The molecular formula is C15H24O3. The van der Waals surface area contributed by atoms with Gasteiger partial charge in [-0.3, -0.25) is 0 Å². The van der Waals surface area contributed by atoms with E-state index >= 15 is 0 Å². The standard InChI is InChI=1S/C15H24O3/c1-13(2)5-9-4-10(8-16)15(18)7-12(17)14(15,3)11(9)6-13/h4,9,11-12,16-18H,5-8H2,1-3H3/t9-,11-,12+,14-,15+/m1/s1. The Labute approximate surface area is 109 Å². The van der Waals surface area contributed by atoms with Gasteiger partial charge in [-0.25, -0.2) is 0 Å². The maximum atomic E-state index is 10.8. The van der Waals surface area contributed by atoms with Gasteiger partial charge in [0.05, 0.1) is 18.3 Å². The molecule has 0 saturated heterocycles. The highest BCUT2D eigenvalue weighted by Crippen LogP contribution is 2.67. The number of rotatable bonds is 1. The molecule has 0 aromatic carbocycles. The molecule has 3 N–H and O–H groups in total. The predicted molar refractivity (Wildman–Crippen MR) is 68.8 cm³/mol. The highest BCUT2D eigenvalue weighted by atomic mass is 16.3. The van der Waals surface area contributed by atoms with Gasteiger partial charge in [-0.15, -0.1) is 0 Å². The molecule has 5 atom stereocenters. The van der Waals surface area contributed by atoms with Crippen LogP contribution < -0.4 is 0 Å². The summed E-state index contributed by atoms with van der Waals surface area (Å²) in [5, 5.41) is 30.6. The minimum absolute atomic E-state index is 0.0948. The lowest BCUT2D eigenvalue weighted by Crippen LogP contribution is -2.71. The van der Waals surface area contributed by atoms with Crippen molar-refractivity contribution in [3.63, 3.8) is 0 Å². The number of hydrogen-bond donors (Lipinski definition) is 3. The Hall–Kier alpha value is -0.380. The topological polar surface area (TPSA) is 60.7 Å². The van der Waals surface area contributed by atoms with E-state index in [2.05, 4.69) is 19.9 Å². The van der Waals surface area contributed by atoms with Crippen LogP contribution in [0.5, 0.6) is 0 Å². The molecule has 3 heteroatoms. The summed E-state index contributed by atoms with van der Waals surface area (Å²) in [6.45, 7) is 6.42. The van der Waals surface area contributed by atoms with Crippen LogP contribution in [-0.2, 0) is 0 Å². The molecule has 3 aliphatic rings. The second-order valence-electron chi connectivity index (χ2n) is 7.56. The Morgan fingerprint density at radius 3 is 2.44 bits per heavy atom. The Balaban J connectivity index is 2.07. The van der Waals surface area contributed by atoms with Gasteiger partial charge < -0.3 is 15.3 Å². The zero-order valence-electron chi connectivity index (χ0n) is 11.5. The lowest BCUT2D eigenvalue weighted by Gasteiger charge is -2.64. The lowest BCUT2D eigenvalue weighted by molar-refractivity contribution is -0.249. The molecule has 0 unspecified atom stereocenters. The van der Waals surface area contributed by atoms with E-state index < -0.39 is 17.1 Å². The first-order valence-corrected chi connectivity index (χ1v) is 6.97. The van der Waals surface area contributed by atoms with Gasteiger partial charge >= 0.3 is 0 Å². The average molecular weight is 252 g/mol. The van der Waals surface area contributed by atoms with Crippen molar-refractivity contribution in [1.29, 1.82) is 0 Å². The van der Waals surface area contributed by atoms with E-state index in [0.717, 1.165) is 18.4 Å². The van der Waals surface area contributed by atoms with Gasteiger partial charge in [0.2, 0.25) is 0 Å². The first-order valence-electron chi connectivity index (χ1n) is 6.97. The third kappa shape index (κ3) is 1.25. The van der Waals surface area contributed by atoms with Crippen LogP contribution in [0, 0.1) is 22.7 Å². The Morgan fingerprint density at radius 2 is 1.89 bits per heavy atom. The largest absolute Gasteiger partial charge is 0.392 e. The zero-order chi connectivity index (χ0) is 13.3. The molecule has 2 fully saturated rings. The minimum atomic E-state index is -0.983. The van der Waals surface area contributed by atoms with Gasteiger partial charge in [-0.1, -0.05) is 26.8 Å². The molecule has 2 saturated carbocycles. The van der Waals surface area contributed by atoms with Gasteiger partial charge in [0, 0.05) is 11.8 Å². The van der Waals surface area contributed by atoms with Crippen molar-refractivity contribution in [3.8, 4) is 0 Å². The van der Waals surface area contributed by atoms with Gasteiger partial charge in [0.15, 0.2) is 0 Å². The van der Waals surface area contributed by atoms with Crippen molar-refractivity contribution in [1.82, 2.24) is 0 Å². The maximum Gasteiger partial charge on any atom is 0.0984 e. The molecule has 3 nitrogen and oxygen atoms in total. The van der Waals surface area contributed by atoms with E-state index in [9.17, 15) is 15.3 Å². The number of fused-ring (bicyclic) bond motifs is 3. The summed E-state index contributed by atoms with van der Waals surface area (Å²) in [6.07, 6.45) is 4.15. The normalized spacial score (nSPS) is 53.2. The molecular weight excluding hydrogens is 228 g/mol. The molecule has 0 aromatic heterocycles. The van der Waals surface area contributed by atoms with Crippen molar-refractivity contribution in [2.75, 3.05) is 6.61 Å². The van der Waals surface area contributed by atoms with Crippen molar-refractivity contribution in [2.45, 2.75) is 51.7 Å². The van der Waals surface area contributed by atoms with Crippen LogP contribution in [-0.4, -0.2) is 33.6 Å². The Kier molecular flexibility index (Phi) is 2.38. The number of allylic oxidation sites excluding steroid dienone is 1. The summed E-state index contributed by atoms with van der Waals surface area (Å²) < 4.78 is 0. The molecule has 3 rings (SSSR count). The van der Waals surface area contributed by atoms with Crippen LogP contribution in [0.2, 0.25) is 0 Å². The molecule has 0 spiro atoms. The fraction of sp³-hybridized carbons (Fsp3) is 0.867. The first-order chi connectivity index (χ1) is 8.24. The summed E-state index contributed by atoms with van der Waals surface area (Å²) in [4.78, 5) is 0. The van der Waals surface area contributed by atoms with Crippen LogP contribution in [0.3, 0.4) is 0 Å². The Bertz CT molecular complexity index is 414. The van der Waals surface area contributed by atoms with Gasteiger partial charge in [-0.2, -0.15) is 0 Å². The van der Waals surface area contributed by atoms with Crippen LogP contribution in [0.15, 0.2) is 11.6 Å². The van der Waals surface area contributed by atoms with E-state index in [-0.39, 0.29) is 12.0 Å². The van der Waals surface area contributed by atoms with Crippen molar-refractivity contribution in [2.24, 2.45) is 22.7 Å². The van der Waals surface area contributed by atoms with Crippen molar-refractivity contribution < 1.29 is 15.3 Å². The van der Waals surface area contributed by atoms with Gasteiger partial charge in [-0.05, 0) is 35.7 Å². The summed E-state index contributed by atoms with van der Waals surface area (Å²) >= 11 is 0. The minimum Gasteiger partial charge on any atom is -0.392 e. The highest BCUT2D eigenvalue weighted by Gasteiger charge is 2.70. The maximum absolute atomic E-state index is 10.8. The number of aliphatic hydroxyl groups is 3. The SMILES string of the molecule is CC1(C)C[C@H]2C=C(CO)[C@@]3(O)C[C@H](O)[C@@]3(C)[C@@H]2C1. The summed E-state index contributed by atoms with van der Waals surface area (Å²) in [5.74, 6) is 0.721. The molecule has 0 heterocycles. The zero-order valence-corrected chi connectivity index (χ0v) is 11.5. The second-order valence-corrected chi connectivity index (χ2v) is 7.56. The first kappa shape index (κ1) is 12.6. The molecule has 0 aromatic rings. The van der Waals surface area contributed by atoms with Crippen LogP contribution >= 0.6 is 0 Å². The molecule has 0 radical (unpaired) electrons. The summed E-state index contributed by atoms with van der Waals surface area (Å²) in [6, 6.07) is 0. The fourth-order valence-electron chi connectivity index (χ4n) is 4.91. The smallest absolute Gasteiger partial charge is 0.0984 e. The lowest BCUT2D eigenvalue weighted by atomic mass is 9.44. The van der Waals surface area contributed by atoms with Crippen LogP contribution in [0.1, 0.15) is 40.0 Å².